The Hall–Kier alpha value is -2.42. The van der Waals surface area contributed by atoms with Crippen LogP contribution in [0.5, 0.6) is 0 Å². The molecule has 0 aliphatic rings. The Morgan fingerprint density at radius 1 is 1.03 bits per heavy atom. The third-order valence-corrected chi connectivity index (χ3v) is 7.32. The fraction of sp³-hybridized carbons (Fsp3) is 0.440. The van der Waals surface area contributed by atoms with Gasteiger partial charge in [-0.05, 0) is 63.4 Å². The van der Waals surface area contributed by atoms with Crippen LogP contribution in [0.25, 0.3) is 0 Å². The Bertz CT molecular complexity index is 1070. The Labute approximate surface area is 208 Å². The predicted molar refractivity (Wildman–Crippen MR) is 135 cm³/mol. The zero-order valence-electron chi connectivity index (χ0n) is 20.4. The first-order valence-electron chi connectivity index (χ1n) is 11.2. The zero-order chi connectivity index (χ0) is 25.5. The molecule has 2 amide bonds. The number of sulfonamides is 1. The molecule has 0 aliphatic heterocycles. The van der Waals surface area contributed by atoms with Crippen LogP contribution < -0.4 is 5.32 Å². The standard InChI is InChI=1S/C25H34ClN3O4S/c1-6-22(24(31)27-25(2,3)4)29(17-16-19-10-8-7-9-11-19)23(30)18-28(5)34(32,33)21-14-12-20(26)13-15-21/h7-15,22H,6,16-18H2,1-5H3,(H,27,31). The predicted octanol–water partition coefficient (Wildman–Crippen LogP) is 3.73. The molecule has 0 saturated carbocycles. The number of nitrogens with zero attached hydrogens (tertiary/aromatic N) is 2. The van der Waals surface area contributed by atoms with Crippen LogP contribution in [0.2, 0.25) is 5.02 Å². The second-order valence-electron chi connectivity index (χ2n) is 9.20. The van der Waals surface area contributed by atoms with Crippen molar-refractivity contribution in [3.63, 3.8) is 0 Å². The van der Waals surface area contributed by atoms with E-state index in [-0.39, 0.29) is 23.9 Å². The van der Waals surface area contributed by atoms with Gasteiger partial charge in [0, 0.05) is 24.2 Å². The second-order valence-corrected chi connectivity index (χ2v) is 11.7. The molecule has 0 spiro atoms. The van der Waals surface area contributed by atoms with Gasteiger partial charge in [0.05, 0.1) is 11.4 Å². The van der Waals surface area contributed by atoms with Crippen molar-refractivity contribution < 1.29 is 18.0 Å². The van der Waals surface area contributed by atoms with E-state index in [1.165, 1.54) is 36.2 Å². The van der Waals surface area contributed by atoms with E-state index in [0.717, 1.165) is 9.87 Å². The topological polar surface area (TPSA) is 86.8 Å². The molecule has 2 rings (SSSR count). The lowest BCUT2D eigenvalue weighted by atomic mass is 10.1. The van der Waals surface area contributed by atoms with E-state index in [9.17, 15) is 18.0 Å². The lowest BCUT2D eigenvalue weighted by Gasteiger charge is -2.34. The van der Waals surface area contributed by atoms with Gasteiger partial charge in [-0.15, -0.1) is 0 Å². The van der Waals surface area contributed by atoms with E-state index in [2.05, 4.69) is 5.32 Å². The maximum atomic E-state index is 13.4. The fourth-order valence-corrected chi connectivity index (χ4v) is 4.75. The summed E-state index contributed by atoms with van der Waals surface area (Å²) in [7, 11) is -2.55. The van der Waals surface area contributed by atoms with Crippen LogP contribution in [0, 0.1) is 0 Å². The van der Waals surface area contributed by atoms with E-state index in [0.29, 0.717) is 17.9 Å². The smallest absolute Gasteiger partial charge is 0.243 e. The highest BCUT2D eigenvalue weighted by molar-refractivity contribution is 7.89. The van der Waals surface area contributed by atoms with E-state index >= 15 is 0 Å². The first-order valence-corrected chi connectivity index (χ1v) is 13.0. The molecule has 186 valence electrons. The van der Waals surface area contributed by atoms with Gasteiger partial charge >= 0.3 is 0 Å². The van der Waals surface area contributed by atoms with E-state index in [1.54, 1.807) is 0 Å². The number of carbonyl (C=O) groups excluding carboxylic acids is 2. The summed E-state index contributed by atoms with van der Waals surface area (Å²) >= 11 is 5.87. The van der Waals surface area contributed by atoms with Crippen LogP contribution in [0.15, 0.2) is 59.5 Å². The SMILES string of the molecule is CCC(C(=O)NC(C)(C)C)N(CCc1ccccc1)C(=O)CN(C)S(=O)(=O)c1ccc(Cl)cc1. The van der Waals surface area contributed by atoms with Gasteiger partial charge < -0.3 is 10.2 Å². The van der Waals surface area contributed by atoms with Gasteiger partial charge in [0.2, 0.25) is 21.8 Å². The van der Waals surface area contributed by atoms with Gasteiger partial charge in [-0.25, -0.2) is 8.42 Å². The molecule has 0 heterocycles. The molecule has 0 radical (unpaired) electrons. The van der Waals surface area contributed by atoms with E-state index in [4.69, 9.17) is 11.6 Å². The Morgan fingerprint density at radius 3 is 2.15 bits per heavy atom. The van der Waals surface area contributed by atoms with Crippen LogP contribution in [0.1, 0.15) is 39.7 Å². The molecule has 1 N–H and O–H groups in total. The van der Waals surface area contributed by atoms with Gasteiger partial charge in [0.15, 0.2) is 0 Å². The molecule has 0 saturated heterocycles. The number of likely N-dealkylation sites (N-methyl/N-ethyl adjacent to an activating group) is 1. The molecule has 0 fully saturated rings. The molecule has 7 nitrogen and oxygen atoms in total. The Balaban J connectivity index is 2.27. The number of benzene rings is 2. The molecule has 1 unspecified atom stereocenters. The summed E-state index contributed by atoms with van der Waals surface area (Å²) in [5, 5.41) is 3.36. The van der Waals surface area contributed by atoms with Crippen molar-refractivity contribution in [3.8, 4) is 0 Å². The summed E-state index contributed by atoms with van der Waals surface area (Å²) in [5.41, 5.74) is 0.557. The lowest BCUT2D eigenvalue weighted by Crippen LogP contribution is -2.55. The van der Waals surface area contributed by atoms with Crippen LogP contribution in [-0.4, -0.2) is 61.2 Å². The second kappa shape index (κ2) is 11.8. The van der Waals surface area contributed by atoms with Crippen molar-refractivity contribution >= 4 is 33.4 Å². The van der Waals surface area contributed by atoms with Crippen LogP contribution in [-0.2, 0) is 26.0 Å². The van der Waals surface area contributed by atoms with Crippen molar-refractivity contribution in [3.05, 3.63) is 65.2 Å². The molecule has 2 aromatic rings. The molecule has 34 heavy (non-hydrogen) atoms. The van der Waals surface area contributed by atoms with Gasteiger partial charge in [-0.3, -0.25) is 9.59 Å². The maximum absolute atomic E-state index is 13.4. The summed E-state index contributed by atoms with van der Waals surface area (Å²) < 4.78 is 27.0. The first-order chi connectivity index (χ1) is 15.8. The number of amides is 2. The number of hydrogen-bond acceptors (Lipinski definition) is 4. The third-order valence-electron chi connectivity index (χ3n) is 5.25. The summed E-state index contributed by atoms with van der Waals surface area (Å²) in [6.45, 7) is 7.36. The third kappa shape index (κ3) is 7.82. The summed E-state index contributed by atoms with van der Waals surface area (Å²) in [5.74, 6) is -0.702. The average molecular weight is 508 g/mol. The molecule has 0 bridgehead atoms. The Kier molecular flexibility index (Phi) is 9.67. The minimum atomic E-state index is -3.91. The van der Waals surface area contributed by atoms with Gasteiger partial charge in [-0.2, -0.15) is 4.31 Å². The molecule has 0 aromatic heterocycles. The van der Waals surface area contributed by atoms with Gasteiger partial charge in [0.25, 0.3) is 0 Å². The Morgan fingerprint density at radius 2 is 1.62 bits per heavy atom. The minimum absolute atomic E-state index is 0.0422. The minimum Gasteiger partial charge on any atom is -0.350 e. The highest BCUT2D eigenvalue weighted by Gasteiger charge is 2.32. The highest BCUT2D eigenvalue weighted by Crippen LogP contribution is 2.18. The lowest BCUT2D eigenvalue weighted by molar-refractivity contribution is -0.141. The van der Waals surface area contributed by atoms with Crippen LogP contribution in [0.3, 0.4) is 0 Å². The average Bonchev–Trinajstić information content (AvgIpc) is 2.76. The number of halogens is 1. The first kappa shape index (κ1) is 27.8. The summed E-state index contributed by atoms with van der Waals surface area (Å²) in [4.78, 5) is 28.0. The molecule has 9 heteroatoms. The molecule has 2 aromatic carbocycles. The number of nitrogens with one attached hydrogen (secondary N) is 1. The molecular weight excluding hydrogens is 474 g/mol. The molecule has 1 atom stereocenters. The largest absolute Gasteiger partial charge is 0.350 e. The summed E-state index contributed by atoms with van der Waals surface area (Å²) in [6.07, 6.45) is 0.940. The molecular formula is C25H34ClN3O4S. The normalized spacial score (nSPS) is 12.9. The summed E-state index contributed by atoms with van der Waals surface area (Å²) in [6, 6.07) is 14.7. The van der Waals surface area contributed by atoms with Crippen molar-refractivity contribution in [1.29, 1.82) is 0 Å². The highest BCUT2D eigenvalue weighted by atomic mass is 35.5. The van der Waals surface area contributed by atoms with Crippen molar-refractivity contribution in [2.24, 2.45) is 0 Å². The van der Waals surface area contributed by atoms with E-state index in [1.807, 2.05) is 58.0 Å². The quantitative estimate of drug-likeness (QED) is 0.531. The monoisotopic (exact) mass is 507 g/mol. The fourth-order valence-electron chi connectivity index (χ4n) is 3.50. The van der Waals surface area contributed by atoms with Crippen molar-refractivity contribution in [1.82, 2.24) is 14.5 Å². The molecule has 0 aliphatic carbocycles. The van der Waals surface area contributed by atoms with Crippen LogP contribution in [0.4, 0.5) is 0 Å². The zero-order valence-corrected chi connectivity index (χ0v) is 22.0. The van der Waals surface area contributed by atoms with E-state index < -0.39 is 27.5 Å². The van der Waals surface area contributed by atoms with Gasteiger partial charge in [0.1, 0.15) is 6.04 Å². The van der Waals surface area contributed by atoms with Crippen LogP contribution >= 0.6 is 11.6 Å². The maximum Gasteiger partial charge on any atom is 0.243 e. The number of rotatable bonds is 10. The number of hydrogen-bond donors (Lipinski definition) is 1. The van der Waals surface area contributed by atoms with Crippen molar-refractivity contribution in [2.75, 3.05) is 20.1 Å². The van der Waals surface area contributed by atoms with Gasteiger partial charge in [-0.1, -0.05) is 48.9 Å². The number of carbonyl (C=O) groups is 2. The van der Waals surface area contributed by atoms with Crippen molar-refractivity contribution in [2.45, 2.75) is 57.0 Å².